The molecule has 2 aromatic rings. The van der Waals surface area contributed by atoms with Gasteiger partial charge in [0.1, 0.15) is 6.04 Å². The van der Waals surface area contributed by atoms with E-state index in [1.807, 2.05) is 6.07 Å². The fraction of sp³-hybridized carbons (Fsp3) is 0.286. The molecule has 7 heteroatoms. The molecule has 0 saturated heterocycles. The number of hydrogen-bond acceptors (Lipinski definition) is 4. The SMILES string of the molecule is COC(=O)[C@H](Cc1c[nH]cn1)NCc1ccc(Cl)c(Cl)c1. The van der Waals surface area contributed by atoms with Crippen LogP contribution in [0, 0.1) is 0 Å². The standard InChI is InChI=1S/C14H15Cl2N3O2/c1-21-14(20)13(5-10-7-17-8-19-10)18-6-9-2-3-11(15)12(16)4-9/h2-4,7-8,13,18H,5-6H2,1H3,(H,17,19)/t13-/m0/s1. The van der Waals surface area contributed by atoms with Crippen molar-refractivity contribution in [3.63, 3.8) is 0 Å². The van der Waals surface area contributed by atoms with Crippen LogP contribution in [0.4, 0.5) is 0 Å². The number of aromatic amines is 1. The molecule has 0 aliphatic heterocycles. The van der Waals surface area contributed by atoms with E-state index in [1.165, 1.54) is 7.11 Å². The second-order valence-corrected chi connectivity index (χ2v) is 5.28. The van der Waals surface area contributed by atoms with Crippen molar-refractivity contribution in [2.75, 3.05) is 7.11 Å². The van der Waals surface area contributed by atoms with E-state index in [1.54, 1.807) is 24.7 Å². The van der Waals surface area contributed by atoms with Crippen LogP contribution in [0.1, 0.15) is 11.3 Å². The third kappa shape index (κ3) is 4.46. The van der Waals surface area contributed by atoms with Gasteiger partial charge in [0.25, 0.3) is 0 Å². The first-order valence-electron chi connectivity index (χ1n) is 6.33. The normalized spacial score (nSPS) is 12.1. The first-order valence-corrected chi connectivity index (χ1v) is 7.08. The Labute approximate surface area is 132 Å². The molecule has 0 aliphatic carbocycles. The molecule has 1 heterocycles. The molecule has 21 heavy (non-hydrogen) atoms. The number of aromatic nitrogens is 2. The Kier molecular flexibility index (Phi) is 5.61. The molecule has 0 unspecified atom stereocenters. The molecule has 0 aliphatic rings. The quantitative estimate of drug-likeness (QED) is 0.800. The summed E-state index contributed by atoms with van der Waals surface area (Å²) < 4.78 is 4.81. The van der Waals surface area contributed by atoms with Gasteiger partial charge >= 0.3 is 5.97 Å². The summed E-state index contributed by atoms with van der Waals surface area (Å²) in [5.41, 5.74) is 1.72. The Morgan fingerprint density at radius 2 is 2.24 bits per heavy atom. The van der Waals surface area contributed by atoms with Crippen molar-refractivity contribution >= 4 is 29.2 Å². The van der Waals surface area contributed by atoms with Crippen molar-refractivity contribution in [1.29, 1.82) is 0 Å². The number of H-pyrrole nitrogens is 1. The highest BCUT2D eigenvalue weighted by molar-refractivity contribution is 6.42. The predicted octanol–water partition coefficient (Wildman–Crippen LogP) is 2.59. The van der Waals surface area contributed by atoms with Crippen molar-refractivity contribution in [2.24, 2.45) is 0 Å². The number of nitrogens with zero attached hydrogens (tertiary/aromatic N) is 1. The molecule has 1 atom stereocenters. The van der Waals surface area contributed by atoms with Crippen LogP contribution in [-0.2, 0) is 22.5 Å². The average Bonchev–Trinajstić information content (AvgIpc) is 2.99. The third-order valence-electron chi connectivity index (χ3n) is 2.99. The third-order valence-corrected chi connectivity index (χ3v) is 3.73. The summed E-state index contributed by atoms with van der Waals surface area (Å²) >= 11 is 11.8. The number of imidazole rings is 1. The summed E-state index contributed by atoms with van der Waals surface area (Å²) in [4.78, 5) is 18.8. The van der Waals surface area contributed by atoms with Crippen LogP contribution in [0.3, 0.4) is 0 Å². The van der Waals surface area contributed by atoms with E-state index in [-0.39, 0.29) is 5.97 Å². The molecule has 0 saturated carbocycles. The van der Waals surface area contributed by atoms with Crippen molar-refractivity contribution < 1.29 is 9.53 Å². The number of nitrogens with one attached hydrogen (secondary N) is 2. The second-order valence-electron chi connectivity index (χ2n) is 4.47. The van der Waals surface area contributed by atoms with Crippen LogP contribution >= 0.6 is 23.2 Å². The van der Waals surface area contributed by atoms with E-state index < -0.39 is 6.04 Å². The van der Waals surface area contributed by atoms with Gasteiger partial charge in [-0.25, -0.2) is 4.98 Å². The zero-order valence-electron chi connectivity index (χ0n) is 11.4. The molecular weight excluding hydrogens is 313 g/mol. The van der Waals surface area contributed by atoms with E-state index in [2.05, 4.69) is 15.3 Å². The number of ether oxygens (including phenoxy) is 1. The van der Waals surface area contributed by atoms with E-state index in [0.29, 0.717) is 23.0 Å². The molecule has 1 aromatic heterocycles. The fourth-order valence-electron chi connectivity index (χ4n) is 1.88. The van der Waals surface area contributed by atoms with Crippen LogP contribution < -0.4 is 5.32 Å². The van der Waals surface area contributed by atoms with Gasteiger partial charge in [0.15, 0.2) is 0 Å². The predicted molar refractivity (Wildman–Crippen MR) is 81.4 cm³/mol. The zero-order chi connectivity index (χ0) is 15.2. The molecule has 0 radical (unpaired) electrons. The maximum atomic E-state index is 11.8. The minimum atomic E-state index is -0.479. The van der Waals surface area contributed by atoms with Gasteiger partial charge in [0.05, 0.1) is 29.2 Å². The van der Waals surface area contributed by atoms with E-state index in [0.717, 1.165) is 11.3 Å². The summed E-state index contributed by atoms with van der Waals surface area (Å²) in [5, 5.41) is 4.13. The highest BCUT2D eigenvalue weighted by atomic mass is 35.5. The van der Waals surface area contributed by atoms with Gasteiger partial charge in [-0.3, -0.25) is 10.1 Å². The second kappa shape index (κ2) is 7.45. The Balaban J connectivity index is 2.01. The molecule has 0 spiro atoms. The Morgan fingerprint density at radius 3 is 2.86 bits per heavy atom. The molecule has 1 aromatic carbocycles. The van der Waals surface area contributed by atoms with E-state index >= 15 is 0 Å². The van der Waals surface area contributed by atoms with Gasteiger partial charge in [-0.15, -0.1) is 0 Å². The lowest BCUT2D eigenvalue weighted by Gasteiger charge is -2.15. The van der Waals surface area contributed by atoms with Crippen LogP contribution in [0.5, 0.6) is 0 Å². The largest absolute Gasteiger partial charge is 0.468 e. The summed E-state index contributed by atoms with van der Waals surface area (Å²) in [6.45, 7) is 0.473. The van der Waals surface area contributed by atoms with Gasteiger partial charge in [-0.2, -0.15) is 0 Å². The van der Waals surface area contributed by atoms with Crippen LogP contribution in [0.2, 0.25) is 10.0 Å². The molecule has 0 fully saturated rings. The average molecular weight is 328 g/mol. The van der Waals surface area contributed by atoms with Crippen molar-refractivity contribution in [3.05, 3.63) is 52.0 Å². The number of hydrogen-bond donors (Lipinski definition) is 2. The number of carbonyl (C=O) groups is 1. The number of carbonyl (C=O) groups excluding carboxylic acids is 1. The van der Waals surface area contributed by atoms with E-state index in [4.69, 9.17) is 27.9 Å². The Bertz CT molecular complexity index is 602. The van der Waals surface area contributed by atoms with Crippen LogP contribution in [0.15, 0.2) is 30.7 Å². The molecular formula is C14H15Cl2N3O2. The summed E-state index contributed by atoms with van der Waals surface area (Å²) in [5.74, 6) is -0.335. The molecule has 2 rings (SSSR count). The lowest BCUT2D eigenvalue weighted by Crippen LogP contribution is -2.39. The molecule has 2 N–H and O–H groups in total. The number of esters is 1. The number of benzene rings is 1. The van der Waals surface area contributed by atoms with Crippen LogP contribution in [-0.4, -0.2) is 29.1 Å². The molecule has 5 nitrogen and oxygen atoms in total. The molecule has 0 amide bonds. The maximum absolute atomic E-state index is 11.8. The zero-order valence-corrected chi connectivity index (χ0v) is 12.9. The Hall–Kier alpha value is -1.56. The molecule has 112 valence electrons. The first kappa shape index (κ1) is 15.8. The van der Waals surface area contributed by atoms with Gasteiger partial charge < -0.3 is 9.72 Å². The van der Waals surface area contributed by atoms with Gasteiger partial charge in [-0.1, -0.05) is 29.3 Å². The van der Waals surface area contributed by atoms with Gasteiger partial charge in [0.2, 0.25) is 0 Å². The van der Waals surface area contributed by atoms with Crippen molar-refractivity contribution in [2.45, 2.75) is 19.0 Å². The summed E-state index contributed by atoms with van der Waals surface area (Å²) in [7, 11) is 1.36. The lowest BCUT2D eigenvalue weighted by molar-refractivity contribution is -0.143. The Morgan fingerprint density at radius 1 is 1.43 bits per heavy atom. The van der Waals surface area contributed by atoms with Gasteiger partial charge in [0, 0.05) is 19.2 Å². The summed E-state index contributed by atoms with van der Waals surface area (Å²) in [6, 6.07) is 4.86. The number of rotatable bonds is 6. The maximum Gasteiger partial charge on any atom is 0.323 e. The first-order chi connectivity index (χ1) is 10.1. The lowest BCUT2D eigenvalue weighted by atomic mass is 10.1. The number of halogens is 2. The van der Waals surface area contributed by atoms with Crippen molar-refractivity contribution in [3.8, 4) is 0 Å². The van der Waals surface area contributed by atoms with Crippen LogP contribution in [0.25, 0.3) is 0 Å². The minimum absolute atomic E-state index is 0.335. The van der Waals surface area contributed by atoms with Gasteiger partial charge in [-0.05, 0) is 17.7 Å². The smallest absolute Gasteiger partial charge is 0.323 e. The van der Waals surface area contributed by atoms with E-state index in [9.17, 15) is 4.79 Å². The fourth-order valence-corrected chi connectivity index (χ4v) is 2.20. The highest BCUT2D eigenvalue weighted by Gasteiger charge is 2.20. The molecule has 0 bridgehead atoms. The minimum Gasteiger partial charge on any atom is -0.468 e. The topological polar surface area (TPSA) is 67.0 Å². The monoisotopic (exact) mass is 327 g/mol. The highest BCUT2D eigenvalue weighted by Crippen LogP contribution is 2.22. The summed E-state index contributed by atoms with van der Waals surface area (Å²) in [6.07, 6.45) is 3.76. The number of methoxy groups -OCH3 is 1. The van der Waals surface area contributed by atoms with Crippen molar-refractivity contribution in [1.82, 2.24) is 15.3 Å².